The number of hydrogen-bond acceptors (Lipinski definition) is 2. The minimum atomic E-state index is -0.238. The van der Waals surface area contributed by atoms with Crippen molar-refractivity contribution in [3.05, 3.63) is 95.6 Å². The van der Waals surface area contributed by atoms with Gasteiger partial charge >= 0.3 is 0 Å². The highest BCUT2D eigenvalue weighted by Gasteiger charge is 2.16. The third-order valence-corrected chi connectivity index (χ3v) is 5.24. The summed E-state index contributed by atoms with van der Waals surface area (Å²) in [7, 11) is 0. The van der Waals surface area contributed by atoms with Gasteiger partial charge in [-0.2, -0.15) is 0 Å². The molecule has 0 N–H and O–H groups in total. The van der Waals surface area contributed by atoms with Crippen LogP contribution in [-0.2, 0) is 29.2 Å². The van der Waals surface area contributed by atoms with E-state index in [4.69, 9.17) is 4.74 Å². The minimum absolute atomic E-state index is 0.00876. The predicted molar refractivity (Wildman–Crippen MR) is 121 cm³/mol. The van der Waals surface area contributed by atoms with Gasteiger partial charge < -0.3 is 14.2 Å². The van der Waals surface area contributed by atoms with Crippen molar-refractivity contribution in [2.45, 2.75) is 45.9 Å². The summed E-state index contributed by atoms with van der Waals surface area (Å²) in [4.78, 5) is 14.8. The third-order valence-electron chi connectivity index (χ3n) is 5.24. The molecule has 164 valence electrons. The molecule has 0 saturated carbocycles. The van der Waals surface area contributed by atoms with Crippen molar-refractivity contribution in [2.24, 2.45) is 0 Å². The number of hydrogen-bond donors (Lipinski definition) is 0. The van der Waals surface area contributed by atoms with Crippen LogP contribution in [0.25, 0.3) is 0 Å². The summed E-state index contributed by atoms with van der Waals surface area (Å²) in [5.41, 5.74) is 2.97. The molecule has 0 saturated heterocycles. The summed E-state index contributed by atoms with van der Waals surface area (Å²) >= 11 is 0. The number of amides is 1. The molecule has 3 rings (SSSR count). The van der Waals surface area contributed by atoms with E-state index in [1.54, 1.807) is 12.1 Å². The van der Waals surface area contributed by atoms with E-state index in [1.165, 1.54) is 6.07 Å². The predicted octanol–water partition coefficient (Wildman–Crippen LogP) is 5.41. The molecule has 0 spiro atoms. The second-order valence-corrected chi connectivity index (χ2v) is 7.76. The van der Waals surface area contributed by atoms with Gasteiger partial charge in [-0.15, -0.1) is 0 Å². The summed E-state index contributed by atoms with van der Waals surface area (Å²) < 4.78 is 21.3. The Morgan fingerprint density at radius 3 is 2.58 bits per heavy atom. The van der Waals surface area contributed by atoms with E-state index in [0.29, 0.717) is 26.2 Å². The van der Waals surface area contributed by atoms with Crippen LogP contribution in [-0.4, -0.2) is 28.5 Å². The minimum Gasteiger partial charge on any atom is -0.367 e. The number of benzene rings is 2. The fourth-order valence-corrected chi connectivity index (χ4v) is 3.54. The summed E-state index contributed by atoms with van der Waals surface area (Å²) in [5, 5.41) is 0. The average molecular weight is 423 g/mol. The Kier molecular flexibility index (Phi) is 8.85. The lowest BCUT2D eigenvalue weighted by Gasteiger charge is -2.24. The number of ether oxygens (including phenoxy) is 1. The summed E-state index contributed by atoms with van der Waals surface area (Å²) in [6.45, 7) is 4.42. The highest BCUT2D eigenvalue weighted by molar-refractivity contribution is 5.77. The Bertz CT molecular complexity index is 939. The van der Waals surface area contributed by atoms with E-state index in [-0.39, 0.29) is 18.3 Å². The zero-order valence-electron chi connectivity index (χ0n) is 18.2. The van der Waals surface area contributed by atoms with Gasteiger partial charge in [0, 0.05) is 25.0 Å². The smallest absolute Gasteiger partial charge is 0.248 e. The maximum atomic E-state index is 13.6. The number of halogens is 1. The molecule has 2 aromatic carbocycles. The Morgan fingerprint density at radius 1 is 1.00 bits per heavy atom. The molecule has 0 radical (unpaired) electrons. The Hall–Kier alpha value is -2.92. The zero-order chi connectivity index (χ0) is 21.9. The highest BCUT2D eigenvalue weighted by atomic mass is 19.1. The molecule has 1 heterocycles. The average Bonchev–Trinajstić information content (AvgIpc) is 3.20. The maximum Gasteiger partial charge on any atom is 0.248 e. The standard InChI is InChI=1S/C26H31FN2O2/c1-2-3-7-15-29(26(30)21-31-20-22-10-5-4-6-11-22)19-25-14-9-16-28(25)18-23-12-8-13-24(27)17-23/h4-6,8-14,16-17H,2-3,7,15,18-21H2,1H3. The molecular formula is C26H31FN2O2. The molecule has 1 aromatic heterocycles. The lowest BCUT2D eigenvalue weighted by Crippen LogP contribution is -2.35. The quantitative estimate of drug-likeness (QED) is 0.366. The monoisotopic (exact) mass is 422 g/mol. The first-order valence-electron chi connectivity index (χ1n) is 10.9. The third kappa shape index (κ3) is 7.37. The van der Waals surface area contributed by atoms with E-state index in [1.807, 2.05) is 59.6 Å². The maximum absolute atomic E-state index is 13.6. The fourth-order valence-electron chi connectivity index (χ4n) is 3.54. The second kappa shape index (κ2) is 12.1. The van der Waals surface area contributed by atoms with Crippen molar-refractivity contribution in [2.75, 3.05) is 13.2 Å². The number of rotatable bonds is 12. The highest BCUT2D eigenvalue weighted by Crippen LogP contribution is 2.13. The van der Waals surface area contributed by atoms with E-state index >= 15 is 0 Å². The molecular weight excluding hydrogens is 391 g/mol. The molecule has 3 aromatic rings. The topological polar surface area (TPSA) is 34.5 Å². The van der Waals surface area contributed by atoms with Gasteiger partial charge in [0.2, 0.25) is 5.91 Å². The van der Waals surface area contributed by atoms with Crippen LogP contribution in [0.3, 0.4) is 0 Å². The van der Waals surface area contributed by atoms with E-state index in [9.17, 15) is 9.18 Å². The number of carbonyl (C=O) groups is 1. The Labute approximate surface area is 184 Å². The van der Waals surface area contributed by atoms with Crippen LogP contribution in [0.2, 0.25) is 0 Å². The van der Waals surface area contributed by atoms with Gasteiger partial charge in [-0.3, -0.25) is 4.79 Å². The molecule has 31 heavy (non-hydrogen) atoms. The van der Waals surface area contributed by atoms with Gasteiger partial charge in [0.1, 0.15) is 12.4 Å². The number of unbranched alkanes of at least 4 members (excludes halogenated alkanes) is 2. The van der Waals surface area contributed by atoms with Gasteiger partial charge in [-0.1, -0.05) is 62.2 Å². The second-order valence-electron chi connectivity index (χ2n) is 7.76. The van der Waals surface area contributed by atoms with Crippen LogP contribution < -0.4 is 0 Å². The van der Waals surface area contributed by atoms with E-state index in [0.717, 1.165) is 36.1 Å². The van der Waals surface area contributed by atoms with Gasteiger partial charge in [-0.25, -0.2) is 4.39 Å². The molecule has 0 unspecified atom stereocenters. The number of aromatic nitrogens is 1. The molecule has 0 aliphatic heterocycles. The Morgan fingerprint density at radius 2 is 1.81 bits per heavy atom. The van der Waals surface area contributed by atoms with Crippen LogP contribution in [0.4, 0.5) is 4.39 Å². The summed E-state index contributed by atoms with van der Waals surface area (Å²) in [6, 6.07) is 20.5. The van der Waals surface area contributed by atoms with Gasteiger partial charge in [0.15, 0.2) is 0 Å². The molecule has 0 aliphatic rings. The number of carbonyl (C=O) groups excluding carboxylic acids is 1. The normalized spacial score (nSPS) is 10.9. The molecule has 1 amide bonds. The summed E-state index contributed by atoms with van der Waals surface area (Å²) in [5.74, 6) is -0.247. The van der Waals surface area contributed by atoms with E-state index < -0.39 is 0 Å². The van der Waals surface area contributed by atoms with Crippen molar-refractivity contribution in [3.63, 3.8) is 0 Å². The van der Waals surface area contributed by atoms with Crippen LogP contribution >= 0.6 is 0 Å². The van der Waals surface area contributed by atoms with Crippen LogP contribution in [0.15, 0.2) is 72.9 Å². The van der Waals surface area contributed by atoms with Crippen molar-refractivity contribution in [3.8, 4) is 0 Å². The SMILES string of the molecule is CCCCCN(Cc1cccn1Cc1cccc(F)c1)C(=O)COCc1ccccc1. The van der Waals surface area contributed by atoms with Crippen molar-refractivity contribution in [1.29, 1.82) is 0 Å². The Balaban J connectivity index is 1.62. The molecule has 5 heteroatoms. The lowest BCUT2D eigenvalue weighted by atomic mass is 10.2. The van der Waals surface area contributed by atoms with Gasteiger partial charge in [0.05, 0.1) is 13.2 Å². The van der Waals surface area contributed by atoms with Crippen molar-refractivity contribution < 1.29 is 13.9 Å². The number of nitrogens with zero attached hydrogens (tertiary/aromatic N) is 2. The summed E-state index contributed by atoms with van der Waals surface area (Å²) in [6.07, 6.45) is 5.12. The fraction of sp³-hybridized carbons (Fsp3) is 0.346. The van der Waals surface area contributed by atoms with E-state index in [2.05, 4.69) is 11.5 Å². The molecule has 0 bridgehead atoms. The van der Waals surface area contributed by atoms with Crippen molar-refractivity contribution in [1.82, 2.24) is 9.47 Å². The molecule has 0 atom stereocenters. The molecule has 0 fully saturated rings. The van der Waals surface area contributed by atoms with Gasteiger partial charge in [-0.05, 0) is 41.8 Å². The van der Waals surface area contributed by atoms with Crippen LogP contribution in [0, 0.1) is 5.82 Å². The molecule has 0 aliphatic carbocycles. The zero-order valence-corrected chi connectivity index (χ0v) is 18.2. The first kappa shape index (κ1) is 22.8. The molecule has 4 nitrogen and oxygen atoms in total. The van der Waals surface area contributed by atoms with Crippen LogP contribution in [0.1, 0.15) is 43.0 Å². The lowest BCUT2D eigenvalue weighted by molar-refractivity contribution is -0.137. The largest absolute Gasteiger partial charge is 0.367 e. The first-order chi connectivity index (χ1) is 15.2. The first-order valence-corrected chi connectivity index (χ1v) is 10.9. The van der Waals surface area contributed by atoms with Crippen molar-refractivity contribution >= 4 is 5.91 Å². The van der Waals surface area contributed by atoms with Crippen LogP contribution in [0.5, 0.6) is 0 Å². The van der Waals surface area contributed by atoms with Gasteiger partial charge in [0.25, 0.3) is 0 Å².